The van der Waals surface area contributed by atoms with Gasteiger partial charge >= 0.3 is 6.01 Å². The molecule has 198 valence electrons. The molecule has 5 nitrogen and oxygen atoms in total. The van der Waals surface area contributed by atoms with Crippen molar-refractivity contribution in [2.45, 2.75) is 38.5 Å². The van der Waals surface area contributed by atoms with Crippen LogP contribution in [0.15, 0.2) is 115 Å². The van der Waals surface area contributed by atoms with Crippen LogP contribution < -0.4 is 10.3 Å². The summed E-state index contributed by atoms with van der Waals surface area (Å²) in [5.41, 5.74) is 7.94. The van der Waals surface area contributed by atoms with E-state index in [9.17, 15) is 4.79 Å². The summed E-state index contributed by atoms with van der Waals surface area (Å²) < 4.78 is 8.43. The zero-order chi connectivity index (χ0) is 27.4. The Morgan fingerprint density at radius 2 is 1.56 bits per heavy atom. The molecule has 0 saturated carbocycles. The van der Waals surface area contributed by atoms with Gasteiger partial charge in [0, 0.05) is 19.9 Å². The highest BCUT2D eigenvalue weighted by atomic mass is 16.5. The van der Waals surface area contributed by atoms with E-state index in [2.05, 4.69) is 95.7 Å². The van der Waals surface area contributed by atoms with Gasteiger partial charge in [0.25, 0.3) is 5.56 Å². The zero-order valence-corrected chi connectivity index (χ0v) is 22.5. The van der Waals surface area contributed by atoms with Crippen molar-refractivity contribution >= 4 is 11.8 Å². The summed E-state index contributed by atoms with van der Waals surface area (Å²) in [6.07, 6.45) is 1.58. The van der Waals surface area contributed by atoms with Crippen LogP contribution in [0.3, 0.4) is 0 Å². The van der Waals surface area contributed by atoms with Gasteiger partial charge in [-0.15, -0.1) is 5.73 Å². The molecular weight excluding hydrogens is 482 g/mol. The Morgan fingerprint density at radius 3 is 2.08 bits per heavy atom. The molecule has 0 saturated heterocycles. The average molecular weight is 518 g/mol. The van der Waals surface area contributed by atoms with Crippen LogP contribution in [0.5, 0.6) is 6.01 Å². The van der Waals surface area contributed by atoms with Crippen molar-refractivity contribution in [3.63, 3.8) is 0 Å². The third-order valence-corrected chi connectivity index (χ3v) is 7.26. The maximum atomic E-state index is 13.4. The minimum atomic E-state index is -0.382. The number of hydrogen-bond acceptors (Lipinski definition) is 4. The molecule has 5 heteroatoms. The highest BCUT2D eigenvalue weighted by molar-refractivity contribution is 5.71. The standard InChI is InChI=1S/C34H33N3O2.H2/c1-5-28-32-29(6-2)36(24(3)4)22-30(31(26-18-12-8-13-19-26)27-20-14-9-15-21-27)37(32)34(35-33(28)38)39-23-25-16-10-7-11-17-25;/h5,7-21,24,30-31H,1-2,22-23H2,3-4H3;1H/t30-;/m1./s1. The summed E-state index contributed by atoms with van der Waals surface area (Å²) in [6, 6.07) is 31.1. The fourth-order valence-corrected chi connectivity index (χ4v) is 5.46. The molecule has 0 amide bonds. The monoisotopic (exact) mass is 517 g/mol. The van der Waals surface area contributed by atoms with E-state index in [1.54, 1.807) is 6.08 Å². The fourth-order valence-electron chi connectivity index (χ4n) is 5.46. The van der Waals surface area contributed by atoms with Gasteiger partial charge in [-0.3, -0.25) is 9.36 Å². The van der Waals surface area contributed by atoms with Crippen molar-refractivity contribution in [3.05, 3.63) is 148 Å². The van der Waals surface area contributed by atoms with E-state index in [1.807, 2.05) is 42.5 Å². The Balaban J connectivity index is 0.00000370. The highest BCUT2D eigenvalue weighted by Crippen LogP contribution is 2.44. The van der Waals surface area contributed by atoms with Crippen LogP contribution in [0.25, 0.3) is 11.8 Å². The number of hydrogen-bond donors (Lipinski definition) is 0. The van der Waals surface area contributed by atoms with Crippen molar-refractivity contribution in [3.8, 4) is 6.01 Å². The Bertz CT molecular complexity index is 1520. The molecular formula is C34H35N3O2. The van der Waals surface area contributed by atoms with Crippen LogP contribution >= 0.6 is 0 Å². The van der Waals surface area contributed by atoms with E-state index in [0.29, 0.717) is 17.8 Å². The van der Waals surface area contributed by atoms with Gasteiger partial charge in [-0.05, 0) is 30.5 Å². The summed E-state index contributed by atoms with van der Waals surface area (Å²) >= 11 is 0. The van der Waals surface area contributed by atoms with Crippen LogP contribution in [0.1, 0.15) is 55.2 Å². The Morgan fingerprint density at radius 1 is 1.00 bits per heavy atom. The van der Waals surface area contributed by atoms with E-state index in [1.165, 1.54) is 11.1 Å². The van der Waals surface area contributed by atoms with Crippen LogP contribution in [-0.4, -0.2) is 27.0 Å². The number of ether oxygens (including phenoxy) is 1. The Kier molecular flexibility index (Phi) is 7.62. The third-order valence-electron chi connectivity index (χ3n) is 7.26. The van der Waals surface area contributed by atoms with Gasteiger partial charge < -0.3 is 9.64 Å². The first kappa shape index (κ1) is 26.0. The lowest BCUT2D eigenvalue weighted by atomic mass is 9.83. The van der Waals surface area contributed by atoms with Gasteiger partial charge in [0.05, 0.1) is 17.3 Å². The average Bonchev–Trinajstić information content (AvgIpc) is 2.97. The molecule has 3 aromatic carbocycles. The van der Waals surface area contributed by atoms with Crippen molar-refractivity contribution in [1.82, 2.24) is 14.5 Å². The van der Waals surface area contributed by atoms with Crippen molar-refractivity contribution in [2.75, 3.05) is 6.54 Å². The van der Waals surface area contributed by atoms with E-state index >= 15 is 0 Å². The molecule has 0 spiro atoms. The molecule has 0 N–H and O–H groups in total. The zero-order valence-electron chi connectivity index (χ0n) is 22.5. The molecule has 1 aromatic heterocycles. The van der Waals surface area contributed by atoms with Gasteiger partial charge in [-0.1, -0.05) is 110 Å². The second-order valence-electron chi connectivity index (χ2n) is 9.95. The molecule has 2 heterocycles. The quantitative estimate of drug-likeness (QED) is 0.238. The summed E-state index contributed by atoms with van der Waals surface area (Å²) in [5.74, 6) is -0.0418. The van der Waals surface area contributed by atoms with Crippen LogP contribution in [-0.2, 0) is 6.61 Å². The number of benzene rings is 3. The van der Waals surface area contributed by atoms with Crippen LogP contribution in [0, 0.1) is 0 Å². The second-order valence-corrected chi connectivity index (χ2v) is 9.95. The Labute approximate surface area is 231 Å². The van der Waals surface area contributed by atoms with Crippen molar-refractivity contribution in [2.24, 2.45) is 0 Å². The van der Waals surface area contributed by atoms with Gasteiger partial charge in [-0.25, -0.2) is 0 Å². The topological polar surface area (TPSA) is 47.4 Å². The maximum Gasteiger partial charge on any atom is 0.300 e. The largest absolute Gasteiger partial charge is 0.460 e. The normalized spacial score (nSPS) is 14.7. The number of rotatable bonds is 8. The molecule has 1 aliphatic rings. The number of fused-ring (bicyclic) bond motifs is 1. The molecule has 0 aliphatic carbocycles. The SMILES string of the molecule is C=C=C1c2c(C=C)c(=O)nc(OCc3ccccc3)n2[C@@H](C(c2ccccc2)c2ccccc2)CN1C(C)C.[HH]. The first-order valence-corrected chi connectivity index (χ1v) is 13.3. The molecule has 0 bridgehead atoms. The van der Waals surface area contributed by atoms with Gasteiger partial charge in [0.1, 0.15) is 12.3 Å². The predicted molar refractivity (Wildman–Crippen MR) is 160 cm³/mol. The summed E-state index contributed by atoms with van der Waals surface area (Å²) in [7, 11) is 0. The maximum absolute atomic E-state index is 13.4. The summed E-state index contributed by atoms with van der Waals surface area (Å²) in [4.78, 5) is 20.1. The van der Waals surface area contributed by atoms with Gasteiger partial charge in [0.2, 0.25) is 0 Å². The van der Waals surface area contributed by atoms with Crippen LogP contribution in [0.4, 0.5) is 0 Å². The predicted octanol–water partition coefficient (Wildman–Crippen LogP) is 6.93. The minimum Gasteiger partial charge on any atom is -0.460 e. The lowest BCUT2D eigenvalue weighted by molar-refractivity contribution is 0.197. The summed E-state index contributed by atoms with van der Waals surface area (Å²) in [5, 5.41) is 0. The molecule has 0 fully saturated rings. The molecule has 0 unspecified atom stereocenters. The number of nitrogens with zero attached hydrogens (tertiary/aromatic N) is 3. The lowest BCUT2D eigenvalue weighted by Gasteiger charge is -2.44. The van der Waals surface area contributed by atoms with Crippen molar-refractivity contribution < 1.29 is 6.16 Å². The Hall–Kier alpha value is -4.60. The summed E-state index contributed by atoms with van der Waals surface area (Å²) in [6.45, 7) is 13.2. The first-order chi connectivity index (χ1) is 19.0. The van der Waals surface area contributed by atoms with E-state index in [4.69, 9.17) is 4.74 Å². The molecule has 1 atom stereocenters. The molecule has 1 aliphatic heterocycles. The van der Waals surface area contributed by atoms with Gasteiger partial charge in [0.15, 0.2) is 0 Å². The second kappa shape index (κ2) is 11.4. The first-order valence-electron chi connectivity index (χ1n) is 13.3. The lowest BCUT2D eigenvalue weighted by Crippen LogP contribution is -2.44. The van der Waals surface area contributed by atoms with Crippen molar-refractivity contribution in [1.29, 1.82) is 0 Å². The van der Waals surface area contributed by atoms with Gasteiger partial charge in [-0.2, -0.15) is 4.98 Å². The van der Waals surface area contributed by atoms with Crippen LogP contribution in [0.2, 0.25) is 0 Å². The van der Waals surface area contributed by atoms with E-state index in [-0.39, 0.29) is 37.6 Å². The number of aromatic nitrogens is 2. The van der Waals surface area contributed by atoms with E-state index < -0.39 is 0 Å². The highest BCUT2D eigenvalue weighted by Gasteiger charge is 2.39. The molecule has 4 aromatic rings. The molecule has 39 heavy (non-hydrogen) atoms. The smallest absolute Gasteiger partial charge is 0.300 e. The third kappa shape index (κ3) is 5.09. The minimum absolute atomic E-state index is 0. The van der Waals surface area contributed by atoms with E-state index in [0.717, 1.165) is 11.3 Å². The molecule has 0 radical (unpaired) electrons. The molecule has 5 rings (SSSR count). The fraction of sp³-hybridized carbons (Fsp3) is 0.206.